The molecule has 2 aliphatic heterocycles. The van der Waals surface area contributed by atoms with Gasteiger partial charge in [-0.15, -0.1) is 0 Å². The van der Waals surface area contributed by atoms with E-state index in [4.69, 9.17) is 4.74 Å². The predicted molar refractivity (Wildman–Crippen MR) is 136 cm³/mol. The highest BCUT2D eigenvalue weighted by atomic mass is 16.5. The molecule has 1 aromatic carbocycles. The van der Waals surface area contributed by atoms with Crippen LogP contribution < -0.4 is 14.5 Å². The van der Waals surface area contributed by atoms with Gasteiger partial charge in [-0.2, -0.15) is 0 Å². The second kappa shape index (κ2) is 9.21. The Bertz CT molecular complexity index is 1210. The first-order valence-corrected chi connectivity index (χ1v) is 12.5. The van der Waals surface area contributed by atoms with Crippen LogP contribution in [0, 0.1) is 17.8 Å². The van der Waals surface area contributed by atoms with Gasteiger partial charge in [0.15, 0.2) is 0 Å². The fourth-order valence-electron chi connectivity index (χ4n) is 6.15. The Kier molecular flexibility index (Phi) is 5.76. The van der Waals surface area contributed by atoms with Crippen LogP contribution in [0.15, 0.2) is 73.3 Å². The summed E-state index contributed by atoms with van der Waals surface area (Å²) >= 11 is 0. The molecule has 3 aliphatic rings. The molecule has 3 unspecified atom stereocenters. The van der Waals surface area contributed by atoms with Gasteiger partial charge < -0.3 is 14.5 Å². The van der Waals surface area contributed by atoms with Crippen LogP contribution in [0.3, 0.4) is 0 Å². The van der Waals surface area contributed by atoms with Crippen molar-refractivity contribution in [2.24, 2.45) is 17.8 Å². The van der Waals surface area contributed by atoms with Crippen molar-refractivity contribution in [1.82, 2.24) is 14.5 Å². The van der Waals surface area contributed by atoms with Crippen molar-refractivity contribution < 1.29 is 9.53 Å². The molecule has 3 aromatic rings. The maximum atomic E-state index is 13.7. The Labute approximate surface area is 206 Å². The first-order valence-electron chi connectivity index (χ1n) is 12.5. The largest absolute Gasteiger partial charge is 0.481 e. The molecule has 0 amide bonds. The van der Waals surface area contributed by atoms with Gasteiger partial charge in [-0.3, -0.25) is 9.36 Å². The summed E-state index contributed by atoms with van der Waals surface area (Å²) in [6.45, 7) is 2.74. The molecule has 0 bridgehead atoms. The summed E-state index contributed by atoms with van der Waals surface area (Å²) in [5, 5.41) is 0. The van der Waals surface area contributed by atoms with Crippen LogP contribution >= 0.6 is 0 Å². The third kappa shape index (κ3) is 4.20. The molecule has 6 rings (SSSR count). The van der Waals surface area contributed by atoms with Gasteiger partial charge in [-0.1, -0.05) is 36.4 Å². The van der Waals surface area contributed by atoms with Crippen molar-refractivity contribution in [2.75, 3.05) is 36.5 Å². The van der Waals surface area contributed by atoms with E-state index in [2.05, 4.69) is 68.4 Å². The van der Waals surface area contributed by atoms with Gasteiger partial charge in [-0.25, -0.2) is 9.97 Å². The number of rotatable bonds is 5. The van der Waals surface area contributed by atoms with Crippen LogP contribution in [-0.2, 0) is 0 Å². The minimum atomic E-state index is 0.0666. The Balaban J connectivity index is 1.13. The first kappa shape index (κ1) is 21.9. The van der Waals surface area contributed by atoms with Gasteiger partial charge in [-0.05, 0) is 48.8 Å². The van der Waals surface area contributed by atoms with E-state index in [-0.39, 0.29) is 11.8 Å². The quantitative estimate of drug-likeness (QED) is 0.544. The Morgan fingerprint density at radius 3 is 2.57 bits per heavy atom. The second-order valence-corrected chi connectivity index (χ2v) is 9.97. The fourth-order valence-corrected chi connectivity index (χ4v) is 6.15. The number of aromatic nitrogens is 3. The summed E-state index contributed by atoms with van der Waals surface area (Å²) in [4.78, 5) is 26.7. The van der Waals surface area contributed by atoms with E-state index >= 15 is 0 Å². The van der Waals surface area contributed by atoms with E-state index < -0.39 is 0 Å². The topological polar surface area (TPSA) is 63.5 Å². The number of carbonyl (C=O) groups excluding carboxylic acids is 1. The number of ether oxygens (including phenoxy) is 1. The lowest BCUT2D eigenvalue weighted by Crippen LogP contribution is -2.31. The highest BCUT2D eigenvalue weighted by Crippen LogP contribution is 2.43. The maximum absolute atomic E-state index is 13.7. The molecule has 4 heterocycles. The van der Waals surface area contributed by atoms with Crippen molar-refractivity contribution in [3.05, 3.63) is 78.9 Å². The number of benzene rings is 1. The molecule has 2 aromatic heterocycles. The Morgan fingerprint density at radius 1 is 1.00 bits per heavy atom. The molecule has 35 heavy (non-hydrogen) atoms. The lowest BCUT2D eigenvalue weighted by Gasteiger charge is -2.30. The van der Waals surface area contributed by atoms with Gasteiger partial charge in [0, 0.05) is 49.9 Å². The molecular formula is C28H31N5O2. The van der Waals surface area contributed by atoms with Crippen LogP contribution in [0.25, 0.3) is 0 Å². The number of allylic oxidation sites excluding steroid dienone is 1. The fraction of sp³-hybridized carbons (Fsp3) is 0.393. The van der Waals surface area contributed by atoms with E-state index in [1.807, 2.05) is 22.9 Å². The van der Waals surface area contributed by atoms with Crippen molar-refractivity contribution in [2.45, 2.75) is 25.2 Å². The van der Waals surface area contributed by atoms with E-state index in [9.17, 15) is 4.79 Å². The Morgan fingerprint density at radius 2 is 1.80 bits per heavy atom. The van der Waals surface area contributed by atoms with E-state index in [1.54, 1.807) is 13.4 Å². The number of anilines is 2. The zero-order valence-corrected chi connectivity index (χ0v) is 20.0. The summed E-state index contributed by atoms with van der Waals surface area (Å²) in [5.41, 5.74) is 1.35. The van der Waals surface area contributed by atoms with E-state index in [0.29, 0.717) is 23.6 Å². The summed E-state index contributed by atoms with van der Waals surface area (Å²) in [7, 11) is 1.62. The molecule has 180 valence electrons. The van der Waals surface area contributed by atoms with Gasteiger partial charge in [0.2, 0.25) is 11.8 Å². The molecule has 1 saturated carbocycles. The van der Waals surface area contributed by atoms with Crippen LogP contribution in [0.2, 0.25) is 0 Å². The molecular weight excluding hydrogens is 438 g/mol. The number of fused-ring (bicyclic) bond motifs is 1. The first-order chi connectivity index (χ1) is 17.2. The van der Waals surface area contributed by atoms with E-state index in [0.717, 1.165) is 50.5 Å². The Hall–Kier alpha value is -3.61. The van der Waals surface area contributed by atoms with Crippen molar-refractivity contribution in [1.29, 1.82) is 0 Å². The molecule has 0 N–H and O–H groups in total. The lowest BCUT2D eigenvalue weighted by molar-refractivity contribution is 0.0834. The highest BCUT2D eigenvalue weighted by molar-refractivity contribution is 5.85. The molecule has 2 fully saturated rings. The van der Waals surface area contributed by atoms with Gasteiger partial charge >= 0.3 is 0 Å². The smallest absolute Gasteiger partial charge is 0.235 e. The maximum Gasteiger partial charge on any atom is 0.235 e. The number of hydrogen-bond acceptors (Lipinski definition) is 6. The summed E-state index contributed by atoms with van der Waals surface area (Å²) < 4.78 is 7.14. The zero-order valence-electron chi connectivity index (χ0n) is 20.0. The highest BCUT2D eigenvalue weighted by Gasteiger charge is 2.44. The van der Waals surface area contributed by atoms with Crippen molar-refractivity contribution >= 4 is 17.5 Å². The standard InChI is InChI=1S/C28H31N5O2/c1-35-26-15-25(29-19-30-26)32-17-23-13-22(14-24(23)18-32)28(34)33-12-6-10-27(33)31-11-5-9-21(16-31)20-7-3-2-4-8-20/h2-8,10-12,15,19,21-24H,9,13-14,16-18H2,1H3. The molecule has 7 nitrogen and oxygen atoms in total. The molecule has 7 heteroatoms. The van der Waals surface area contributed by atoms with Crippen LogP contribution in [-0.4, -0.2) is 47.2 Å². The number of nitrogens with zero attached hydrogens (tertiary/aromatic N) is 5. The average Bonchev–Trinajstić information content (AvgIpc) is 3.64. The molecule has 3 atom stereocenters. The van der Waals surface area contributed by atoms with Crippen molar-refractivity contribution in [3.63, 3.8) is 0 Å². The predicted octanol–water partition coefficient (Wildman–Crippen LogP) is 4.60. The molecule has 1 aliphatic carbocycles. The summed E-state index contributed by atoms with van der Waals surface area (Å²) in [6, 6.07) is 16.6. The molecule has 0 radical (unpaired) electrons. The summed E-state index contributed by atoms with van der Waals surface area (Å²) in [5.74, 6) is 4.22. The minimum absolute atomic E-state index is 0.0666. The second-order valence-electron chi connectivity index (χ2n) is 9.97. The number of hydrogen-bond donors (Lipinski definition) is 0. The summed E-state index contributed by atoms with van der Waals surface area (Å²) in [6.07, 6.45) is 10.7. The normalized spacial score (nSPS) is 25.6. The lowest BCUT2D eigenvalue weighted by atomic mass is 9.93. The number of methoxy groups -OCH3 is 1. The third-order valence-corrected chi connectivity index (χ3v) is 7.91. The van der Waals surface area contributed by atoms with Crippen LogP contribution in [0.1, 0.15) is 35.5 Å². The van der Waals surface area contributed by atoms with Crippen LogP contribution in [0.4, 0.5) is 11.6 Å². The number of carbonyl (C=O) groups is 1. The third-order valence-electron chi connectivity index (χ3n) is 7.91. The minimum Gasteiger partial charge on any atom is -0.481 e. The monoisotopic (exact) mass is 469 g/mol. The van der Waals surface area contributed by atoms with Gasteiger partial charge in [0.05, 0.1) is 7.11 Å². The molecule has 0 spiro atoms. The van der Waals surface area contributed by atoms with Gasteiger partial charge in [0.1, 0.15) is 18.0 Å². The zero-order chi connectivity index (χ0) is 23.8. The van der Waals surface area contributed by atoms with Crippen LogP contribution in [0.5, 0.6) is 5.88 Å². The van der Waals surface area contributed by atoms with Gasteiger partial charge in [0.25, 0.3) is 0 Å². The van der Waals surface area contributed by atoms with Crippen molar-refractivity contribution in [3.8, 4) is 5.88 Å². The SMILES string of the molecule is COc1cc(N2CC3CC(C(=O)n4cccc4N4C=CCC(c5ccccc5)C4)CC3C2)ncn1. The average molecular weight is 470 g/mol. The molecule has 1 saturated heterocycles. The van der Waals surface area contributed by atoms with E-state index in [1.165, 1.54) is 5.56 Å².